The number of para-hydroxylation sites is 1. The van der Waals surface area contributed by atoms with Gasteiger partial charge in [0.1, 0.15) is 12.4 Å². The van der Waals surface area contributed by atoms with Crippen LogP contribution in [0.2, 0.25) is 0 Å². The normalized spacial score (nSPS) is 10.3. The summed E-state index contributed by atoms with van der Waals surface area (Å²) in [5, 5.41) is 3.13. The van der Waals surface area contributed by atoms with Crippen molar-refractivity contribution in [1.82, 2.24) is 5.32 Å². The molecule has 0 aliphatic rings. The van der Waals surface area contributed by atoms with Gasteiger partial charge in [-0.15, -0.1) is 6.58 Å². The third-order valence-electron chi connectivity index (χ3n) is 2.50. The van der Waals surface area contributed by atoms with Gasteiger partial charge in [0.15, 0.2) is 0 Å². The maximum Gasteiger partial charge on any atom is 0.123 e. The Morgan fingerprint density at radius 1 is 1.22 bits per heavy atom. The summed E-state index contributed by atoms with van der Waals surface area (Å²) < 4.78 is 11.2. The molecule has 0 bridgehead atoms. The lowest BCUT2D eigenvalue weighted by Gasteiger charge is -2.11. The maximum absolute atomic E-state index is 5.71. The fourth-order valence-electron chi connectivity index (χ4n) is 1.54. The SMILES string of the molecule is C=C(C)CCOCCOc1ccccc1CNC. The van der Waals surface area contributed by atoms with Crippen molar-refractivity contribution in [1.29, 1.82) is 0 Å². The van der Waals surface area contributed by atoms with Crippen LogP contribution >= 0.6 is 0 Å². The second-order valence-electron chi connectivity index (χ2n) is 4.31. The van der Waals surface area contributed by atoms with E-state index in [0.717, 1.165) is 30.9 Å². The van der Waals surface area contributed by atoms with Crippen molar-refractivity contribution in [2.75, 3.05) is 26.9 Å². The van der Waals surface area contributed by atoms with Crippen molar-refractivity contribution in [2.45, 2.75) is 19.9 Å². The first-order valence-electron chi connectivity index (χ1n) is 6.31. The molecule has 0 saturated carbocycles. The van der Waals surface area contributed by atoms with E-state index in [-0.39, 0.29) is 0 Å². The minimum absolute atomic E-state index is 0.580. The predicted octanol–water partition coefficient (Wildman–Crippen LogP) is 2.77. The molecule has 0 radical (unpaired) electrons. The third-order valence-corrected chi connectivity index (χ3v) is 2.50. The Balaban J connectivity index is 2.24. The Morgan fingerprint density at radius 3 is 2.72 bits per heavy atom. The monoisotopic (exact) mass is 249 g/mol. The summed E-state index contributed by atoms with van der Waals surface area (Å²) in [7, 11) is 1.93. The lowest BCUT2D eigenvalue weighted by molar-refractivity contribution is 0.102. The summed E-state index contributed by atoms with van der Waals surface area (Å²) in [6, 6.07) is 8.05. The zero-order valence-corrected chi connectivity index (χ0v) is 11.4. The van der Waals surface area contributed by atoms with Crippen LogP contribution in [-0.2, 0) is 11.3 Å². The fourth-order valence-corrected chi connectivity index (χ4v) is 1.54. The topological polar surface area (TPSA) is 30.5 Å². The average Bonchev–Trinajstić information content (AvgIpc) is 2.35. The average molecular weight is 249 g/mol. The van der Waals surface area contributed by atoms with E-state index in [4.69, 9.17) is 9.47 Å². The molecular weight excluding hydrogens is 226 g/mol. The summed E-state index contributed by atoms with van der Waals surface area (Å²) in [5.41, 5.74) is 2.32. The van der Waals surface area contributed by atoms with E-state index in [0.29, 0.717) is 13.2 Å². The van der Waals surface area contributed by atoms with Gasteiger partial charge in [-0.05, 0) is 26.5 Å². The zero-order valence-electron chi connectivity index (χ0n) is 11.4. The molecule has 3 nitrogen and oxygen atoms in total. The molecule has 0 amide bonds. The van der Waals surface area contributed by atoms with Gasteiger partial charge in [0.05, 0.1) is 13.2 Å². The first kappa shape index (κ1) is 14.7. The standard InChI is InChI=1S/C15H23NO2/c1-13(2)8-9-17-10-11-18-15-7-5-4-6-14(15)12-16-3/h4-7,16H,1,8-12H2,2-3H3. The van der Waals surface area contributed by atoms with Crippen LogP contribution in [-0.4, -0.2) is 26.9 Å². The first-order chi connectivity index (χ1) is 8.74. The van der Waals surface area contributed by atoms with Gasteiger partial charge >= 0.3 is 0 Å². The molecule has 0 heterocycles. The number of hydrogen-bond donors (Lipinski definition) is 1. The number of hydrogen-bond acceptors (Lipinski definition) is 3. The van der Waals surface area contributed by atoms with Gasteiger partial charge in [-0.3, -0.25) is 0 Å². The molecule has 1 N–H and O–H groups in total. The van der Waals surface area contributed by atoms with E-state index in [1.165, 1.54) is 5.56 Å². The molecule has 100 valence electrons. The Labute approximate surface area is 110 Å². The van der Waals surface area contributed by atoms with Crippen LogP contribution in [0, 0.1) is 0 Å². The number of benzene rings is 1. The second kappa shape index (κ2) is 8.72. The molecular formula is C15H23NO2. The molecule has 0 fully saturated rings. The quantitative estimate of drug-likeness (QED) is 0.539. The summed E-state index contributed by atoms with van der Waals surface area (Å²) in [4.78, 5) is 0. The molecule has 1 aromatic carbocycles. The number of ether oxygens (including phenoxy) is 2. The summed E-state index contributed by atoms with van der Waals surface area (Å²) in [5.74, 6) is 0.926. The molecule has 1 rings (SSSR count). The number of rotatable bonds is 9. The summed E-state index contributed by atoms with van der Waals surface area (Å²) in [6.45, 7) is 8.57. The van der Waals surface area contributed by atoms with Crippen LogP contribution in [0.4, 0.5) is 0 Å². The summed E-state index contributed by atoms with van der Waals surface area (Å²) >= 11 is 0. The van der Waals surface area contributed by atoms with E-state index in [2.05, 4.69) is 18.0 Å². The van der Waals surface area contributed by atoms with Crippen LogP contribution in [0.1, 0.15) is 18.9 Å². The molecule has 0 saturated heterocycles. The van der Waals surface area contributed by atoms with Gasteiger partial charge < -0.3 is 14.8 Å². The Kier molecular flexibility index (Phi) is 7.14. The fraction of sp³-hybridized carbons (Fsp3) is 0.467. The minimum atomic E-state index is 0.580. The Morgan fingerprint density at radius 2 is 2.00 bits per heavy atom. The first-order valence-corrected chi connectivity index (χ1v) is 6.31. The van der Waals surface area contributed by atoms with E-state index in [9.17, 15) is 0 Å². The van der Waals surface area contributed by atoms with Gasteiger partial charge in [0.2, 0.25) is 0 Å². The van der Waals surface area contributed by atoms with Crippen LogP contribution in [0.25, 0.3) is 0 Å². The highest BCUT2D eigenvalue weighted by molar-refractivity contribution is 5.33. The van der Waals surface area contributed by atoms with Gasteiger partial charge in [0, 0.05) is 12.1 Å². The molecule has 1 aromatic rings. The van der Waals surface area contributed by atoms with Crippen molar-refractivity contribution in [3.05, 3.63) is 42.0 Å². The van der Waals surface area contributed by atoms with Crippen LogP contribution < -0.4 is 10.1 Å². The number of nitrogens with one attached hydrogen (secondary N) is 1. The third kappa shape index (κ3) is 5.84. The molecule has 0 aliphatic heterocycles. The van der Waals surface area contributed by atoms with E-state index < -0.39 is 0 Å². The molecule has 0 unspecified atom stereocenters. The highest BCUT2D eigenvalue weighted by Crippen LogP contribution is 2.17. The molecule has 0 aromatic heterocycles. The Bertz CT molecular complexity index is 363. The molecule has 3 heteroatoms. The van der Waals surface area contributed by atoms with Crippen molar-refractivity contribution < 1.29 is 9.47 Å². The van der Waals surface area contributed by atoms with Gasteiger partial charge in [0.25, 0.3) is 0 Å². The van der Waals surface area contributed by atoms with Crippen molar-refractivity contribution in [3.8, 4) is 5.75 Å². The van der Waals surface area contributed by atoms with Crippen LogP contribution in [0.3, 0.4) is 0 Å². The van der Waals surface area contributed by atoms with Crippen molar-refractivity contribution in [2.24, 2.45) is 0 Å². The summed E-state index contributed by atoms with van der Waals surface area (Å²) in [6.07, 6.45) is 0.913. The minimum Gasteiger partial charge on any atom is -0.491 e. The predicted molar refractivity (Wildman–Crippen MR) is 75.0 cm³/mol. The lowest BCUT2D eigenvalue weighted by atomic mass is 10.2. The highest BCUT2D eigenvalue weighted by atomic mass is 16.5. The van der Waals surface area contributed by atoms with E-state index in [1.54, 1.807) is 0 Å². The largest absolute Gasteiger partial charge is 0.491 e. The van der Waals surface area contributed by atoms with E-state index in [1.807, 2.05) is 32.2 Å². The maximum atomic E-state index is 5.71. The molecule has 0 aliphatic carbocycles. The van der Waals surface area contributed by atoms with E-state index >= 15 is 0 Å². The van der Waals surface area contributed by atoms with Gasteiger partial charge in [-0.25, -0.2) is 0 Å². The molecule has 18 heavy (non-hydrogen) atoms. The lowest BCUT2D eigenvalue weighted by Crippen LogP contribution is -2.11. The Hall–Kier alpha value is -1.32. The smallest absolute Gasteiger partial charge is 0.123 e. The highest BCUT2D eigenvalue weighted by Gasteiger charge is 2.01. The van der Waals surface area contributed by atoms with Crippen LogP contribution in [0.15, 0.2) is 36.4 Å². The van der Waals surface area contributed by atoms with Gasteiger partial charge in [-0.1, -0.05) is 23.8 Å². The zero-order chi connectivity index (χ0) is 13.2. The van der Waals surface area contributed by atoms with Crippen molar-refractivity contribution >= 4 is 0 Å². The molecule has 0 atom stereocenters. The van der Waals surface area contributed by atoms with Crippen molar-refractivity contribution in [3.63, 3.8) is 0 Å². The van der Waals surface area contributed by atoms with Crippen LogP contribution in [0.5, 0.6) is 5.75 Å². The van der Waals surface area contributed by atoms with Gasteiger partial charge in [-0.2, -0.15) is 0 Å². The molecule has 0 spiro atoms. The second-order valence-corrected chi connectivity index (χ2v) is 4.31.